The fourth-order valence-corrected chi connectivity index (χ4v) is 5.33. The van der Waals surface area contributed by atoms with Crippen molar-refractivity contribution in [3.8, 4) is 11.1 Å². The fraction of sp³-hybridized carbons (Fsp3) is 0.464. The zero-order chi connectivity index (χ0) is 25.2. The van der Waals surface area contributed by atoms with Crippen LogP contribution in [0.1, 0.15) is 63.5 Å². The zero-order valence-electron chi connectivity index (χ0n) is 20.5. The van der Waals surface area contributed by atoms with Crippen molar-refractivity contribution in [2.75, 3.05) is 6.61 Å². The van der Waals surface area contributed by atoms with E-state index in [1.807, 2.05) is 24.3 Å². The van der Waals surface area contributed by atoms with E-state index in [0.717, 1.165) is 12.8 Å². The highest BCUT2D eigenvalue weighted by Gasteiger charge is 2.35. The third kappa shape index (κ3) is 5.66. The van der Waals surface area contributed by atoms with Gasteiger partial charge in [0.15, 0.2) is 0 Å². The Labute approximate surface area is 206 Å². The van der Waals surface area contributed by atoms with Crippen LogP contribution in [0.15, 0.2) is 48.5 Å². The molecule has 2 amide bonds. The minimum Gasteiger partial charge on any atom is -0.480 e. The number of aliphatic carboxylic acids is 1. The van der Waals surface area contributed by atoms with Gasteiger partial charge in [-0.3, -0.25) is 4.79 Å². The SMILES string of the molecule is CC(C)(C)[C@H](NC(=O)C[C@H]1CC[C@@H](NC(=O)OCC2c3ccccc3-c3ccccc32)C1)C(=O)O. The molecule has 0 spiro atoms. The van der Waals surface area contributed by atoms with Crippen molar-refractivity contribution in [3.63, 3.8) is 0 Å². The van der Waals surface area contributed by atoms with E-state index in [1.54, 1.807) is 20.8 Å². The molecule has 3 N–H and O–H groups in total. The van der Waals surface area contributed by atoms with E-state index in [9.17, 15) is 19.5 Å². The summed E-state index contributed by atoms with van der Waals surface area (Å²) in [5, 5.41) is 15.0. The molecule has 1 saturated carbocycles. The van der Waals surface area contributed by atoms with Gasteiger partial charge in [0.1, 0.15) is 12.6 Å². The molecule has 7 heteroatoms. The Hall–Kier alpha value is -3.35. The van der Waals surface area contributed by atoms with Crippen molar-refractivity contribution in [1.82, 2.24) is 10.6 Å². The number of ether oxygens (including phenoxy) is 1. The van der Waals surface area contributed by atoms with Crippen LogP contribution in [0.25, 0.3) is 11.1 Å². The maximum Gasteiger partial charge on any atom is 0.407 e. The standard InChI is InChI=1S/C28H34N2O5/c1-28(2,3)25(26(32)33)30-24(31)15-17-12-13-18(14-17)29-27(34)35-16-23-21-10-6-4-8-19(21)20-9-5-7-11-22(20)23/h4-11,17-18,23,25H,12-16H2,1-3H3,(H,29,34)(H,30,31)(H,32,33)/t17-,18+,25+/m0/s1. The van der Waals surface area contributed by atoms with Crippen LogP contribution in [0, 0.1) is 11.3 Å². The van der Waals surface area contributed by atoms with Gasteiger partial charge in [-0.05, 0) is 52.8 Å². The smallest absolute Gasteiger partial charge is 0.407 e. The molecule has 2 aliphatic carbocycles. The van der Waals surface area contributed by atoms with E-state index in [-0.39, 0.29) is 36.8 Å². The number of benzene rings is 2. The summed E-state index contributed by atoms with van der Waals surface area (Å²) in [5.41, 5.74) is 4.13. The van der Waals surface area contributed by atoms with Crippen molar-refractivity contribution in [1.29, 1.82) is 0 Å². The third-order valence-corrected chi connectivity index (χ3v) is 7.10. The van der Waals surface area contributed by atoms with Crippen LogP contribution >= 0.6 is 0 Å². The lowest BCUT2D eigenvalue weighted by Gasteiger charge is -2.28. The van der Waals surface area contributed by atoms with Gasteiger partial charge in [-0.1, -0.05) is 69.3 Å². The third-order valence-electron chi connectivity index (χ3n) is 7.10. The summed E-state index contributed by atoms with van der Waals surface area (Å²) in [4.78, 5) is 36.5. The molecule has 186 valence electrons. The Balaban J connectivity index is 1.26. The van der Waals surface area contributed by atoms with E-state index in [1.165, 1.54) is 22.3 Å². The lowest BCUT2D eigenvalue weighted by Crippen LogP contribution is -2.49. The molecule has 2 aromatic carbocycles. The van der Waals surface area contributed by atoms with Crippen LogP contribution in [0.2, 0.25) is 0 Å². The summed E-state index contributed by atoms with van der Waals surface area (Å²) < 4.78 is 5.64. The van der Waals surface area contributed by atoms with Crippen molar-refractivity contribution in [3.05, 3.63) is 59.7 Å². The van der Waals surface area contributed by atoms with Crippen LogP contribution in [-0.2, 0) is 14.3 Å². The van der Waals surface area contributed by atoms with Crippen molar-refractivity contribution in [2.24, 2.45) is 11.3 Å². The van der Waals surface area contributed by atoms with Gasteiger partial charge < -0.3 is 20.5 Å². The second-order valence-corrected chi connectivity index (χ2v) is 10.8. The number of amides is 2. The Morgan fingerprint density at radius 3 is 2.17 bits per heavy atom. The number of carbonyl (C=O) groups is 3. The molecule has 4 rings (SSSR count). The van der Waals surface area contributed by atoms with Gasteiger partial charge >= 0.3 is 12.1 Å². The van der Waals surface area contributed by atoms with Crippen LogP contribution in [0.4, 0.5) is 4.79 Å². The van der Waals surface area contributed by atoms with Gasteiger partial charge in [0.05, 0.1) is 0 Å². The van der Waals surface area contributed by atoms with Crippen LogP contribution in [0.5, 0.6) is 0 Å². The number of carboxylic acids is 1. The summed E-state index contributed by atoms with van der Waals surface area (Å²) in [7, 11) is 0. The number of alkyl carbamates (subject to hydrolysis) is 1. The van der Waals surface area contributed by atoms with Gasteiger partial charge in [0, 0.05) is 18.4 Å². The van der Waals surface area contributed by atoms with E-state index in [0.29, 0.717) is 6.42 Å². The van der Waals surface area contributed by atoms with Gasteiger partial charge in [-0.25, -0.2) is 9.59 Å². The van der Waals surface area contributed by atoms with Crippen molar-refractivity contribution >= 4 is 18.0 Å². The molecule has 7 nitrogen and oxygen atoms in total. The molecule has 2 aromatic rings. The summed E-state index contributed by atoms with van der Waals surface area (Å²) >= 11 is 0. The van der Waals surface area contributed by atoms with E-state index >= 15 is 0 Å². The number of rotatable bonds is 7. The number of hydrogen-bond acceptors (Lipinski definition) is 4. The Morgan fingerprint density at radius 1 is 1.00 bits per heavy atom. The molecule has 0 aromatic heterocycles. The van der Waals surface area contributed by atoms with Gasteiger partial charge in [-0.2, -0.15) is 0 Å². The number of nitrogens with one attached hydrogen (secondary N) is 2. The number of carbonyl (C=O) groups excluding carboxylic acids is 2. The minimum absolute atomic E-state index is 0.0122. The summed E-state index contributed by atoms with van der Waals surface area (Å²) in [5.74, 6) is -1.19. The topological polar surface area (TPSA) is 105 Å². The largest absolute Gasteiger partial charge is 0.480 e. The van der Waals surface area contributed by atoms with Gasteiger partial charge in [0.25, 0.3) is 0 Å². The Morgan fingerprint density at radius 2 is 1.60 bits per heavy atom. The maximum absolute atomic E-state index is 12.6. The van der Waals surface area contributed by atoms with Crippen molar-refractivity contribution < 1.29 is 24.2 Å². The highest BCUT2D eigenvalue weighted by atomic mass is 16.5. The van der Waals surface area contributed by atoms with E-state index in [4.69, 9.17) is 4.74 Å². The molecule has 0 heterocycles. The first kappa shape index (κ1) is 24.8. The summed E-state index contributed by atoms with van der Waals surface area (Å²) in [6.45, 7) is 5.63. The first-order valence-electron chi connectivity index (χ1n) is 12.3. The molecule has 1 fully saturated rings. The predicted molar refractivity (Wildman–Crippen MR) is 133 cm³/mol. The average molecular weight is 479 g/mol. The van der Waals surface area contributed by atoms with Crippen molar-refractivity contribution in [2.45, 2.75) is 64.5 Å². The second-order valence-electron chi connectivity index (χ2n) is 10.8. The van der Waals surface area contributed by atoms with Crippen LogP contribution in [0.3, 0.4) is 0 Å². The van der Waals surface area contributed by atoms with Gasteiger partial charge in [-0.15, -0.1) is 0 Å². The van der Waals surface area contributed by atoms with Crippen LogP contribution < -0.4 is 10.6 Å². The first-order chi connectivity index (χ1) is 16.6. The summed E-state index contributed by atoms with van der Waals surface area (Å²) in [6.07, 6.45) is 2.05. The monoisotopic (exact) mass is 478 g/mol. The molecule has 0 bridgehead atoms. The van der Waals surface area contributed by atoms with E-state index < -0.39 is 23.5 Å². The molecule has 2 aliphatic rings. The second kappa shape index (κ2) is 10.1. The highest BCUT2D eigenvalue weighted by molar-refractivity contribution is 5.84. The minimum atomic E-state index is -1.04. The maximum atomic E-state index is 12.6. The Bertz CT molecular complexity index is 1060. The summed E-state index contributed by atoms with van der Waals surface area (Å²) in [6, 6.07) is 15.4. The molecule has 0 unspecified atom stereocenters. The molecule has 3 atom stereocenters. The molecule has 0 saturated heterocycles. The normalized spacial score (nSPS) is 20.0. The molecular formula is C28H34N2O5. The lowest BCUT2D eigenvalue weighted by atomic mass is 9.86. The fourth-order valence-electron chi connectivity index (χ4n) is 5.33. The first-order valence-corrected chi connectivity index (χ1v) is 12.3. The zero-order valence-corrected chi connectivity index (χ0v) is 20.5. The average Bonchev–Trinajstić information content (AvgIpc) is 3.37. The van der Waals surface area contributed by atoms with E-state index in [2.05, 4.69) is 34.9 Å². The highest BCUT2D eigenvalue weighted by Crippen LogP contribution is 2.44. The quantitative estimate of drug-likeness (QED) is 0.535. The molecule has 0 radical (unpaired) electrons. The number of carboxylic acid groups (broad SMARTS) is 1. The Kier molecular flexibility index (Phi) is 7.15. The predicted octanol–water partition coefficient (Wildman–Crippen LogP) is 4.70. The number of fused-ring (bicyclic) bond motifs is 3. The number of hydrogen-bond donors (Lipinski definition) is 3. The molecular weight excluding hydrogens is 444 g/mol. The molecule has 0 aliphatic heterocycles. The molecule has 35 heavy (non-hydrogen) atoms. The van der Waals surface area contributed by atoms with Crippen LogP contribution in [-0.4, -0.2) is 41.8 Å². The lowest BCUT2D eigenvalue weighted by molar-refractivity contribution is -0.145. The van der Waals surface area contributed by atoms with Gasteiger partial charge in [0.2, 0.25) is 5.91 Å².